The van der Waals surface area contributed by atoms with E-state index in [2.05, 4.69) is 10.1 Å². The lowest BCUT2D eigenvalue weighted by atomic mass is 10.1. The molecule has 8 heteroatoms. The summed E-state index contributed by atoms with van der Waals surface area (Å²) in [4.78, 5) is 4.18. The van der Waals surface area contributed by atoms with Crippen LogP contribution in [-0.4, -0.2) is 19.3 Å². The molecular formula is C13H11Cl3N4S. The molecule has 110 valence electrons. The van der Waals surface area contributed by atoms with Gasteiger partial charge in [-0.3, -0.25) is 0 Å². The van der Waals surface area contributed by atoms with Crippen molar-refractivity contribution >= 4 is 52.9 Å². The van der Waals surface area contributed by atoms with Crippen LogP contribution in [0.1, 0.15) is 5.69 Å². The van der Waals surface area contributed by atoms with Crippen molar-refractivity contribution in [2.45, 2.75) is 10.7 Å². The molecule has 4 nitrogen and oxygen atoms in total. The lowest BCUT2D eigenvalue weighted by Crippen LogP contribution is -2.29. The minimum Gasteiger partial charge on any atom is -0.382 e. The van der Waals surface area contributed by atoms with Gasteiger partial charge in [-0.25, -0.2) is 9.66 Å². The fourth-order valence-corrected chi connectivity index (χ4v) is 2.06. The van der Waals surface area contributed by atoms with Crippen LogP contribution >= 0.6 is 47.0 Å². The number of benzene rings is 1. The lowest BCUT2D eigenvalue weighted by molar-refractivity contribution is 0.808. The van der Waals surface area contributed by atoms with E-state index in [-0.39, 0.29) is 10.6 Å². The molecule has 1 heterocycles. The van der Waals surface area contributed by atoms with Gasteiger partial charge in [-0.1, -0.05) is 65.1 Å². The summed E-state index contributed by atoms with van der Waals surface area (Å²) in [6, 6.07) is 11.4. The summed E-state index contributed by atoms with van der Waals surface area (Å²) in [6.07, 6.45) is 0. The van der Waals surface area contributed by atoms with Crippen LogP contribution in [0.3, 0.4) is 0 Å². The third kappa shape index (κ3) is 3.95. The molecule has 21 heavy (non-hydrogen) atoms. The van der Waals surface area contributed by atoms with Crippen LogP contribution < -0.4 is 5.73 Å². The van der Waals surface area contributed by atoms with Crippen LogP contribution in [0.15, 0.2) is 41.5 Å². The molecule has 2 rings (SSSR count). The van der Waals surface area contributed by atoms with Crippen LogP contribution in [0.2, 0.25) is 0 Å². The largest absolute Gasteiger partial charge is 0.382 e. The van der Waals surface area contributed by atoms with Gasteiger partial charge < -0.3 is 5.73 Å². The monoisotopic (exact) mass is 360 g/mol. The molecule has 0 saturated carbocycles. The minimum atomic E-state index is -1.81. The predicted molar refractivity (Wildman–Crippen MR) is 90.5 cm³/mol. The van der Waals surface area contributed by atoms with E-state index in [1.165, 1.54) is 4.68 Å². The highest BCUT2D eigenvalue weighted by Gasteiger charge is 2.26. The van der Waals surface area contributed by atoms with Gasteiger partial charge in [-0.15, -0.1) is 5.10 Å². The first kappa shape index (κ1) is 16.2. The first-order valence-electron chi connectivity index (χ1n) is 5.87. The van der Waals surface area contributed by atoms with Crippen LogP contribution in [-0.2, 0) is 0 Å². The predicted octanol–water partition coefficient (Wildman–Crippen LogP) is 4.08. The first-order valence-corrected chi connectivity index (χ1v) is 7.41. The molecule has 0 radical (unpaired) electrons. The zero-order valence-electron chi connectivity index (χ0n) is 10.9. The molecule has 0 unspecified atom stereocenters. The SMILES string of the molecule is Cc1cc(-c2ccccc2)n(/N=C(\N)C(Cl)(Cl)Cl)c(=S)n1. The molecule has 1 aromatic carbocycles. The summed E-state index contributed by atoms with van der Waals surface area (Å²) >= 11 is 22.4. The Hall–Kier alpha value is -1.14. The van der Waals surface area contributed by atoms with Crippen molar-refractivity contribution in [3.05, 3.63) is 46.9 Å². The number of alkyl halides is 3. The summed E-state index contributed by atoms with van der Waals surface area (Å²) in [7, 11) is 0. The smallest absolute Gasteiger partial charge is 0.249 e. The summed E-state index contributed by atoms with van der Waals surface area (Å²) in [5.41, 5.74) is 8.07. The highest BCUT2D eigenvalue weighted by molar-refractivity contribution is 7.71. The highest BCUT2D eigenvalue weighted by Crippen LogP contribution is 2.27. The summed E-state index contributed by atoms with van der Waals surface area (Å²) in [5, 5.41) is 4.10. The second kappa shape index (κ2) is 6.32. The van der Waals surface area contributed by atoms with E-state index in [1.807, 2.05) is 43.3 Å². The van der Waals surface area contributed by atoms with Crippen LogP contribution in [0.25, 0.3) is 11.3 Å². The Kier molecular flexibility index (Phi) is 4.88. The zero-order chi connectivity index (χ0) is 15.6. The Morgan fingerprint density at radius 2 is 1.90 bits per heavy atom. The van der Waals surface area contributed by atoms with Gasteiger partial charge in [0.1, 0.15) is 0 Å². The number of halogens is 3. The van der Waals surface area contributed by atoms with Crippen molar-refractivity contribution in [3.63, 3.8) is 0 Å². The van der Waals surface area contributed by atoms with Gasteiger partial charge in [0.2, 0.25) is 8.56 Å². The molecule has 0 spiro atoms. The molecule has 0 amide bonds. The average molecular weight is 362 g/mol. The lowest BCUT2D eigenvalue weighted by Gasteiger charge is -2.14. The molecule has 0 atom stereocenters. The number of rotatable bonds is 2. The molecule has 0 fully saturated rings. The number of nitrogens with two attached hydrogens (primary N) is 1. The van der Waals surface area contributed by atoms with Gasteiger partial charge in [-0.05, 0) is 25.2 Å². The molecule has 0 aliphatic rings. The summed E-state index contributed by atoms with van der Waals surface area (Å²) in [6.45, 7) is 1.84. The van der Waals surface area contributed by atoms with E-state index in [1.54, 1.807) is 0 Å². The normalized spacial score (nSPS) is 12.5. The van der Waals surface area contributed by atoms with E-state index in [4.69, 9.17) is 52.8 Å². The number of aromatic nitrogens is 2. The zero-order valence-corrected chi connectivity index (χ0v) is 14.0. The van der Waals surface area contributed by atoms with Gasteiger partial charge >= 0.3 is 0 Å². The Labute approximate surface area is 142 Å². The van der Waals surface area contributed by atoms with Gasteiger partial charge in [-0.2, -0.15) is 0 Å². The molecular weight excluding hydrogens is 351 g/mol. The van der Waals surface area contributed by atoms with Gasteiger partial charge in [0.15, 0.2) is 5.84 Å². The molecule has 1 aromatic heterocycles. The Morgan fingerprint density at radius 3 is 2.48 bits per heavy atom. The van der Waals surface area contributed by atoms with E-state index >= 15 is 0 Å². The standard InChI is InChI=1S/C13H11Cl3N4S/c1-8-7-10(9-5-3-2-4-6-9)20(12(21)18-8)19-11(17)13(14,15)16/h2-7H,1H3,(H2,17,19). The molecule has 2 N–H and O–H groups in total. The van der Waals surface area contributed by atoms with E-state index in [0.29, 0.717) is 5.69 Å². The second-order valence-electron chi connectivity index (χ2n) is 4.23. The van der Waals surface area contributed by atoms with Crippen molar-refractivity contribution in [1.82, 2.24) is 9.66 Å². The summed E-state index contributed by atoms with van der Waals surface area (Å²) < 4.78 is -0.200. The van der Waals surface area contributed by atoms with Crippen molar-refractivity contribution in [2.24, 2.45) is 10.8 Å². The van der Waals surface area contributed by atoms with Crippen LogP contribution in [0.5, 0.6) is 0 Å². The minimum absolute atomic E-state index is 0.188. The molecule has 0 aliphatic carbocycles. The fourth-order valence-electron chi connectivity index (χ4n) is 1.67. The molecule has 0 aliphatic heterocycles. The Balaban J connectivity index is 2.69. The number of nitrogens with zero attached hydrogens (tertiary/aromatic N) is 3. The van der Waals surface area contributed by atoms with Gasteiger partial charge in [0, 0.05) is 11.3 Å². The third-order valence-corrected chi connectivity index (χ3v) is 3.44. The van der Waals surface area contributed by atoms with Gasteiger partial charge in [0.25, 0.3) is 0 Å². The van der Waals surface area contributed by atoms with Crippen LogP contribution in [0, 0.1) is 11.7 Å². The van der Waals surface area contributed by atoms with E-state index in [9.17, 15) is 0 Å². The number of aryl methyl sites for hydroxylation is 1. The van der Waals surface area contributed by atoms with Gasteiger partial charge in [0.05, 0.1) is 5.69 Å². The number of hydrogen-bond donors (Lipinski definition) is 1. The number of hydrogen-bond acceptors (Lipinski definition) is 3. The Morgan fingerprint density at radius 1 is 1.29 bits per heavy atom. The van der Waals surface area contributed by atoms with E-state index < -0.39 is 3.79 Å². The fraction of sp³-hybridized carbons (Fsp3) is 0.154. The van der Waals surface area contributed by atoms with Crippen molar-refractivity contribution in [2.75, 3.05) is 0 Å². The molecule has 0 saturated heterocycles. The molecule has 0 bridgehead atoms. The topological polar surface area (TPSA) is 56.2 Å². The average Bonchev–Trinajstić information content (AvgIpc) is 2.41. The van der Waals surface area contributed by atoms with Crippen molar-refractivity contribution in [3.8, 4) is 11.3 Å². The first-order chi connectivity index (χ1) is 9.79. The third-order valence-electron chi connectivity index (χ3n) is 2.59. The number of amidine groups is 1. The second-order valence-corrected chi connectivity index (χ2v) is 6.87. The molecule has 2 aromatic rings. The van der Waals surface area contributed by atoms with Crippen LogP contribution in [0.4, 0.5) is 0 Å². The maximum absolute atomic E-state index is 5.72. The highest BCUT2D eigenvalue weighted by atomic mass is 35.6. The summed E-state index contributed by atoms with van der Waals surface area (Å²) in [5.74, 6) is -0.188. The maximum Gasteiger partial charge on any atom is 0.249 e. The van der Waals surface area contributed by atoms with Crippen molar-refractivity contribution < 1.29 is 0 Å². The van der Waals surface area contributed by atoms with Crippen molar-refractivity contribution in [1.29, 1.82) is 0 Å². The quantitative estimate of drug-likeness (QED) is 0.379. The Bertz CT molecular complexity index is 735. The van der Waals surface area contributed by atoms with E-state index in [0.717, 1.165) is 11.3 Å². The maximum atomic E-state index is 5.72.